The molecule has 0 bridgehead atoms. The van der Waals surface area contributed by atoms with Gasteiger partial charge in [-0.3, -0.25) is 4.57 Å². The highest BCUT2D eigenvalue weighted by Gasteiger charge is 2.20. The van der Waals surface area contributed by atoms with Gasteiger partial charge in [-0.15, -0.1) is 0 Å². The normalized spacial score (nSPS) is 12.8. The van der Waals surface area contributed by atoms with E-state index in [1.165, 1.54) is 0 Å². The average molecular weight is 540 g/mol. The monoisotopic (exact) mass is 539 g/mol. The van der Waals surface area contributed by atoms with E-state index in [0.29, 0.717) is 5.52 Å². The number of hydrogen-bond donors (Lipinski definition) is 0. The van der Waals surface area contributed by atoms with Gasteiger partial charge in [0.2, 0.25) is 0 Å². The number of para-hydroxylation sites is 2. The van der Waals surface area contributed by atoms with Gasteiger partial charge in [0.15, 0.2) is 0 Å². The van der Waals surface area contributed by atoms with Gasteiger partial charge < -0.3 is 0 Å². The summed E-state index contributed by atoms with van der Waals surface area (Å²) < 4.78 is 27.2. The Morgan fingerprint density at radius 3 is 1.52 bits per heavy atom. The molecule has 0 spiro atoms. The van der Waals surface area contributed by atoms with Crippen molar-refractivity contribution >= 4 is 32.6 Å². The lowest BCUT2D eigenvalue weighted by molar-refractivity contribution is 1.02. The van der Waals surface area contributed by atoms with Gasteiger partial charge in [-0.05, 0) is 81.3 Å². The first-order valence-corrected chi connectivity index (χ1v) is 14.2. The van der Waals surface area contributed by atoms with Crippen LogP contribution in [0.1, 0.15) is 9.94 Å². The number of imidazole rings is 1. The fraction of sp³-hybridized carbons (Fsp3) is 0.0250. The van der Waals surface area contributed by atoms with Crippen molar-refractivity contribution in [2.75, 3.05) is 0 Å². The highest BCUT2D eigenvalue weighted by Crippen LogP contribution is 2.44. The highest BCUT2D eigenvalue weighted by atomic mass is 15.1. The van der Waals surface area contributed by atoms with Crippen molar-refractivity contribution in [1.82, 2.24) is 9.55 Å². The first-order chi connectivity index (χ1) is 22.0. The molecule has 1 heterocycles. The van der Waals surface area contributed by atoms with Crippen LogP contribution >= 0.6 is 0 Å². The smallest absolute Gasteiger partial charge is 0.111 e. The molecule has 198 valence electrons. The molecule has 0 N–H and O–H groups in total. The standard InChI is InChI=1S/C40H28N2/c1-27-41-37-22-12-13-23-38(37)42(27)40-35-20-10-8-18-33(35)39(34-19-9-11-21-36(34)40)32-25-30(28-14-4-2-5-15-28)24-31(26-32)29-16-6-3-7-17-29/h2-26H,1H3/i1D3. The van der Waals surface area contributed by atoms with Gasteiger partial charge in [-0.2, -0.15) is 0 Å². The van der Waals surface area contributed by atoms with E-state index in [2.05, 4.69) is 108 Å². The summed E-state index contributed by atoms with van der Waals surface area (Å²) in [6, 6.07) is 52.0. The Bertz CT molecular complexity index is 2240. The van der Waals surface area contributed by atoms with Gasteiger partial charge in [-0.1, -0.05) is 121 Å². The zero-order valence-electron chi connectivity index (χ0n) is 25.8. The first kappa shape index (κ1) is 21.3. The minimum atomic E-state index is -2.41. The molecule has 0 unspecified atom stereocenters. The summed E-state index contributed by atoms with van der Waals surface area (Å²) in [7, 11) is 0. The summed E-state index contributed by atoms with van der Waals surface area (Å²) in [5.74, 6) is 0.0594. The predicted octanol–water partition coefficient (Wildman–Crippen LogP) is 10.6. The summed E-state index contributed by atoms with van der Waals surface area (Å²) in [6.45, 7) is -2.41. The van der Waals surface area contributed by atoms with Crippen LogP contribution in [-0.2, 0) is 0 Å². The number of nitrogens with zero attached hydrogens (tertiary/aromatic N) is 2. The number of rotatable bonds is 4. The third kappa shape index (κ3) is 3.92. The molecule has 0 atom stereocenters. The second-order valence-corrected chi connectivity index (χ2v) is 10.6. The third-order valence-corrected chi connectivity index (χ3v) is 8.12. The van der Waals surface area contributed by atoms with Crippen molar-refractivity contribution < 1.29 is 4.11 Å². The molecule has 0 saturated carbocycles. The van der Waals surface area contributed by atoms with E-state index in [1.54, 1.807) is 0 Å². The van der Waals surface area contributed by atoms with E-state index in [4.69, 9.17) is 4.11 Å². The summed E-state index contributed by atoms with van der Waals surface area (Å²) in [4.78, 5) is 4.65. The fourth-order valence-electron chi connectivity index (χ4n) is 6.28. The highest BCUT2D eigenvalue weighted by molar-refractivity contribution is 6.19. The number of hydrogen-bond acceptors (Lipinski definition) is 1. The molecule has 0 aliphatic rings. The van der Waals surface area contributed by atoms with Gasteiger partial charge in [-0.25, -0.2) is 4.98 Å². The molecule has 0 aliphatic heterocycles. The van der Waals surface area contributed by atoms with Gasteiger partial charge in [0, 0.05) is 14.9 Å². The van der Waals surface area contributed by atoms with Gasteiger partial charge in [0.05, 0.1) is 16.7 Å². The van der Waals surface area contributed by atoms with Crippen molar-refractivity contribution in [2.45, 2.75) is 6.85 Å². The molecule has 0 fully saturated rings. The molecule has 2 nitrogen and oxygen atoms in total. The lowest BCUT2D eigenvalue weighted by atomic mass is 9.87. The van der Waals surface area contributed by atoms with Crippen molar-refractivity contribution in [1.29, 1.82) is 0 Å². The van der Waals surface area contributed by atoms with Gasteiger partial charge in [0.1, 0.15) is 5.82 Å². The number of benzene rings is 7. The van der Waals surface area contributed by atoms with Crippen LogP contribution in [0.3, 0.4) is 0 Å². The summed E-state index contributed by atoms with van der Waals surface area (Å²) in [5, 5.41) is 4.02. The molecular weight excluding hydrogens is 508 g/mol. The summed E-state index contributed by atoms with van der Waals surface area (Å²) in [5.41, 5.74) is 9.02. The van der Waals surface area contributed by atoms with Crippen LogP contribution in [0.4, 0.5) is 0 Å². The van der Waals surface area contributed by atoms with Crippen molar-refractivity contribution in [3.05, 3.63) is 157 Å². The van der Waals surface area contributed by atoms with Gasteiger partial charge in [0.25, 0.3) is 0 Å². The first-order valence-electron chi connectivity index (χ1n) is 15.7. The second-order valence-electron chi connectivity index (χ2n) is 10.6. The van der Waals surface area contributed by atoms with Crippen LogP contribution in [0.15, 0.2) is 152 Å². The SMILES string of the molecule is [2H]C([2H])([2H])c1nc2ccccc2n1-c1c2ccccc2c(-c2cc(-c3ccccc3)cc(-c3ccccc3)c2)c2ccccc12. The van der Waals surface area contributed by atoms with Crippen LogP contribution in [0, 0.1) is 6.85 Å². The molecule has 2 heteroatoms. The van der Waals surface area contributed by atoms with E-state index >= 15 is 0 Å². The Hall–Kier alpha value is -5.47. The number of fused-ring (bicyclic) bond motifs is 3. The molecule has 7 aromatic carbocycles. The molecule has 8 aromatic rings. The van der Waals surface area contributed by atoms with E-state index in [-0.39, 0.29) is 5.82 Å². The zero-order chi connectivity index (χ0) is 30.5. The summed E-state index contributed by atoms with van der Waals surface area (Å²) >= 11 is 0. The van der Waals surface area contributed by atoms with E-state index < -0.39 is 6.85 Å². The van der Waals surface area contributed by atoms with E-state index in [9.17, 15) is 0 Å². The van der Waals surface area contributed by atoms with Crippen LogP contribution in [-0.4, -0.2) is 9.55 Å². The van der Waals surface area contributed by atoms with Crippen molar-refractivity contribution in [2.24, 2.45) is 0 Å². The third-order valence-electron chi connectivity index (χ3n) is 8.12. The molecule has 0 amide bonds. The molecule has 42 heavy (non-hydrogen) atoms. The lowest BCUT2D eigenvalue weighted by Gasteiger charge is -2.20. The molecule has 0 radical (unpaired) electrons. The number of aryl methyl sites for hydroxylation is 1. The zero-order valence-corrected chi connectivity index (χ0v) is 22.8. The van der Waals surface area contributed by atoms with Crippen molar-refractivity contribution in [3.63, 3.8) is 0 Å². The quantitative estimate of drug-likeness (QED) is 0.203. The van der Waals surface area contributed by atoms with Gasteiger partial charge >= 0.3 is 0 Å². The Morgan fingerprint density at radius 2 is 0.952 bits per heavy atom. The fourth-order valence-corrected chi connectivity index (χ4v) is 6.28. The van der Waals surface area contributed by atoms with Crippen LogP contribution in [0.25, 0.3) is 71.6 Å². The van der Waals surface area contributed by atoms with Crippen molar-refractivity contribution in [3.8, 4) is 39.1 Å². The topological polar surface area (TPSA) is 17.8 Å². The summed E-state index contributed by atoms with van der Waals surface area (Å²) in [6.07, 6.45) is 0. The maximum Gasteiger partial charge on any atom is 0.111 e. The van der Waals surface area contributed by atoms with Crippen LogP contribution in [0.5, 0.6) is 0 Å². The Balaban J connectivity index is 1.51. The average Bonchev–Trinajstić information content (AvgIpc) is 3.48. The predicted molar refractivity (Wildman–Crippen MR) is 177 cm³/mol. The molecule has 0 saturated heterocycles. The van der Waals surface area contributed by atoms with E-state index in [1.807, 2.05) is 53.1 Å². The Morgan fingerprint density at radius 1 is 0.476 bits per heavy atom. The maximum atomic E-state index is 8.45. The minimum absolute atomic E-state index is 0.0594. The molecule has 8 rings (SSSR count). The lowest BCUT2D eigenvalue weighted by Crippen LogP contribution is -2.01. The van der Waals surface area contributed by atoms with Crippen LogP contribution < -0.4 is 0 Å². The largest absolute Gasteiger partial charge is 0.295 e. The Kier molecular flexibility index (Phi) is 5.00. The molecule has 1 aromatic heterocycles. The second kappa shape index (κ2) is 9.87. The number of aromatic nitrogens is 2. The minimum Gasteiger partial charge on any atom is -0.295 e. The van der Waals surface area contributed by atoms with E-state index in [0.717, 1.165) is 66.1 Å². The molecular formula is C40H28N2. The maximum absolute atomic E-state index is 8.45. The van der Waals surface area contributed by atoms with Crippen LogP contribution in [0.2, 0.25) is 0 Å². The Labute approximate surface area is 249 Å². The molecule has 0 aliphatic carbocycles.